The van der Waals surface area contributed by atoms with Crippen molar-refractivity contribution in [3.8, 4) is 17.2 Å². The van der Waals surface area contributed by atoms with E-state index in [2.05, 4.69) is 21.2 Å². The van der Waals surface area contributed by atoms with Gasteiger partial charge in [0.25, 0.3) is 11.5 Å². The number of anilines is 1. The molecule has 0 radical (unpaired) electrons. The van der Waals surface area contributed by atoms with E-state index in [1.54, 1.807) is 24.7 Å². The highest BCUT2D eigenvalue weighted by Gasteiger charge is 2.32. The largest absolute Gasteiger partial charge is 0.494 e. The molecule has 2 heterocycles. The number of carbonyl (C=O) groups is 1. The van der Waals surface area contributed by atoms with Crippen LogP contribution in [0.5, 0.6) is 17.2 Å². The molecule has 48 heavy (non-hydrogen) atoms. The Balaban J connectivity index is 1.40. The van der Waals surface area contributed by atoms with Crippen molar-refractivity contribution in [2.45, 2.75) is 26.5 Å². The number of amides is 1. The van der Waals surface area contributed by atoms with Gasteiger partial charge in [0.05, 0.1) is 40.0 Å². The van der Waals surface area contributed by atoms with Crippen LogP contribution in [0.15, 0.2) is 117 Å². The Morgan fingerprint density at radius 3 is 2.46 bits per heavy atom. The molecule has 244 valence electrons. The molecule has 1 N–H and O–H groups in total. The maximum Gasteiger partial charge on any atom is 0.271 e. The molecule has 0 unspecified atom stereocenters. The topological polar surface area (TPSA) is 91.2 Å². The fraction of sp³-hybridized carbons (Fsp3) is 0.162. The number of nitrogens with one attached hydrogen (secondary N) is 1. The smallest absolute Gasteiger partial charge is 0.271 e. The van der Waals surface area contributed by atoms with Crippen molar-refractivity contribution in [2.75, 3.05) is 19.0 Å². The lowest BCUT2D eigenvalue weighted by molar-refractivity contribution is -0.113. The van der Waals surface area contributed by atoms with E-state index >= 15 is 0 Å². The standard InChI is InChI=1S/C37H31BrClN3O5S/c1-4-46-28-16-12-25(13-17-28)33-32(35(43)41-27-8-6-5-7-9-27)22(2)40-37-42(33)36(44)31(48-37)20-24-18-29(38)34(30(19-24)45-3)47-21-23-10-14-26(39)15-11-23/h5-20,33H,4,21H2,1-3H3,(H,41,43)/b31-20-/t33-/m1/s1. The Bertz CT molecular complexity index is 2180. The molecule has 0 spiro atoms. The number of para-hydroxylation sites is 1. The molecule has 11 heteroatoms. The van der Waals surface area contributed by atoms with E-state index in [9.17, 15) is 9.59 Å². The molecular formula is C37H31BrClN3O5S. The van der Waals surface area contributed by atoms with Crippen LogP contribution in [0.1, 0.15) is 36.6 Å². The molecule has 1 amide bonds. The molecule has 8 nitrogen and oxygen atoms in total. The van der Waals surface area contributed by atoms with Gasteiger partial charge in [-0.1, -0.05) is 65.4 Å². The lowest BCUT2D eigenvalue weighted by atomic mass is 9.95. The number of carbonyl (C=O) groups excluding carboxylic acids is 1. The van der Waals surface area contributed by atoms with Crippen molar-refractivity contribution < 1.29 is 19.0 Å². The van der Waals surface area contributed by atoms with Crippen LogP contribution < -0.4 is 34.4 Å². The Morgan fingerprint density at radius 2 is 1.77 bits per heavy atom. The second kappa shape index (κ2) is 14.6. The van der Waals surface area contributed by atoms with Crippen LogP contribution in [0.4, 0.5) is 5.69 Å². The number of nitrogens with zero attached hydrogens (tertiary/aromatic N) is 2. The number of allylic oxidation sites excluding steroid dienone is 1. The maximum absolute atomic E-state index is 14.2. The summed E-state index contributed by atoms with van der Waals surface area (Å²) in [6.45, 7) is 4.55. The fourth-order valence-electron chi connectivity index (χ4n) is 5.41. The van der Waals surface area contributed by atoms with E-state index in [1.165, 1.54) is 11.3 Å². The SMILES string of the molecule is CCOc1ccc([C@@H]2C(C(=O)Nc3ccccc3)=C(C)N=c3s/c(=C\c4cc(Br)c(OCc5ccc(Cl)cc5)c(OC)c4)c(=O)n32)cc1. The summed E-state index contributed by atoms with van der Waals surface area (Å²) in [5, 5.41) is 3.63. The van der Waals surface area contributed by atoms with Crippen molar-refractivity contribution in [3.63, 3.8) is 0 Å². The molecule has 0 saturated heterocycles. The molecule has 6 rings (SSSR count). The maximum atomic E-state index is 14.2. The first-order valence-electron chi connectivity index (χ1n) is 15.1. The molecule has 1 aromatic heterocycles. The van der Waals surface area contributed by atoms with Gasteiger partial charge in [0, 0.05) is 10.7 Å². The summed E-state index contributed by atoms with van der Waals surface area (Å²) in [6, 6.07) is 27.0. The zero-order valence-electron chi connectivity index (χ0n) is 26.3. The number of benzene rings is 4. The number of hydrogen-bond acceptors (Lipinski definition) is 7. The van der Waals surface area contributed by atoms with Crippen molar-refractivity contribution in [3.05, 3.63) is 148 Å². The van der Waals surface area contributed by atoms with Crippen molar-refractivity contribution in [2.24, 2.45) is 4.99 Å². The highest BCUT2D eigenvalue weighted by atomic mass is 79.9. The van der Waals surface area contributed by atoms with Gasteiger partial charge in [-0.25, -0.2) is 4.99 Å². The normalized spacial score (nSPS) is 14.3. The molecule has 0 fully saturated rings. The van der Waals surface area contributed by atoms with Crippen LogP contribution in [-0.4, -0.2) is 24.2 Å². The molecule has 1 atom stereocenters. The number of aromatic nitrogens is 1. The van der Waals surface area contributed by atoms with E-state index < -0.39 is 6.04 Å². The molecule has 1 aliphatic heterocycles. The van der Waals surface area contributed by atoms with E-state index in [0.29, 0.717) is 66.2 Å². The molecule has 5 aromatic rings. The fourth-order valence-corrected chi connectivity index (χ4v) is 7.16. The summed E-state index contributed by atoms with van der Waals surface area (Å²) in [4.78, 5) is 33.3. The van der Waals surface area contributed by atoms with Crippen LogP contribution in [0, 0.1) is 0 Å². The molecule has 0 aliphatic carbocycles. The van der Waals surface area contributed by atoms with E-state index in [4.69, 9.17) is 30.8 Å². The van der Waals surface area contributed by atoms with Crippen molar-refractivity contribution in [1.82, 2.24) is 4.57 Å². The number of rotatable bonds is 10. The number of halogens is 2. The predicted molar refractivity (Wildman–Crippen MR) is 193 cm³/mol. The minimum absolute atomic E-state index is 0.270. The van der Waals surface area contributed by atoms with Crippen LogP contribution in [0.3, 0.4) is 0 Å². The van der Waals surface area contributed by atoms with Gasteiger partial charge in [-0.15, -0.1) is 0 Å². The highest BCUT2D eigenvalue weighted by molar-refractivity contribution is 9.10. The Labute approximate surface area is 294 Å². The van der Waals surface area contributed by atoms with Gasteiger partial charge in [-0.05, 0) is 101 Å². The summed E-state index contributed by atoms with van der Waals surface area (Å²) in [6.07, 6.45) is 1.79. The van der Waals surface area contributed by atoms with E-state index in [-0.39, 0.29) is 11.5 Å². The van der Waals surface area contributed by atoms with Crippen molar-refractivity contribution >= 4 is 56.5 Å². The molecular weight excluding hydrogens is 714 g/mol. The van der Waals surface area contributed by atoms with Crippen LogP contribution in [0.25, 0.3) is 6.08 Å². The Kier molecular flexibility index (Phi) is 10.1. The lowest BCUT2D eigenvalue weighted by Gasteiger charge is -2.25. The Morgan fingerprint density at radius 1 is 1.04 bits per heavy atom. The first-order chi connectivity index (χ1) is 23.2. The van der Waals surface area contributed by atoms with E-state index in [1.807, 2.05) is 97.9 Å². The van der Waals surface area contributed by atoms with E-state index in [0.717, 1.165) is 16.7 Å². The number of thiazole rings is 1. The monoisotopic (exact) mass is 743 g/mol. The minimum Gasteiger partial charge on any atom is -0.494 e. The third kappa shape index (κ3) is 7.11. The van der Waals surface area contributed by atoms with Gasteiger partial charge in [0.2, 0.25) is 0 Å². The quantitative estimate of drug-likeness (QED) is 0.163. The minimum atomic E-state index is -0.715. The lowest BCUT2D eigenvalue weighted by Crippen LogP contribution is -2.40. The number of ether oxygens (including phenoxy) is 3. The third-order valence-electron chi connectivity index (χ3n) is 7.65. The average Bonchev–Trinajstić information content (AvgIpc) is 3.38. The average molecular weight is 745 g/mol. The molecule has 0 bridgehead atoms. The predicted octanol–water partition coefficient (Wildman–Crippen LogP) is 7.28. The summed E-state index contributed by atoms with van der Waals surface area (Å²) >= 11 is 10.9. The van der Waals surface area contributed by atoms with Crippen LogP contribution in [-0.2, 0) is 11.4 Å². The highest BCUT2D eigenvalue weighted by Crippen LogP contribution is 2.38. The Hall–Kier alpha value is -4.64. The summed E-state index contributed by atoms with van der Waals surface area (Å²) in [5.74, 6) is 1.40. The zero-order valence-corrected chi connectivity index (χ0v) is 29.5. The first-order valence-corrected chi connectivity index (χ1v) is 17.1. The van der Waals surface area contributed by atoms with Gasteiger partial charge in [-0.3, -0.25) is 14.2 Å². The number of fused-ring (bicyclic) bond motifs is 1. The summed E-state index contributed by atoms with van der Waals surface area (Å²) in [5.41, 5.74) is 3.71. The van der Waals surface area contributed by atoms with Gasteiger partial charge in [0.15, 0.2) is 16.3 Å². The van der Waals surface area contributed by atoms with Crippen molar-refractivity contribution in [1.29, 1.82) is 0 Å². The number of hydrogen-bond donors (Lipinski definition) is 1. The van der Waals surface area contributed by atoms with Gasteiger partial charge in [0.1, 0.15) is 12.4 Å². The second-order valence-corrected chi connectivity index (χ2v) is 13.2. The van der Waals surface area contributed by atoms with Gasteiger partial charge < -0.3 is 19.5 Å². The van der Waals surface area contributed by atoms with Gasteiger partial charge in [-0.2, -0.15) is 0 Å². The first kappa shape index (κ1) is 33.3. The zero-order chi connectivity index (χ0) is 33.8. The van der Waals surface area contributed by atoms with Gasteiger partial charge >= 0.3 is 0 Å². The molecule has 1 aliphatic rings. The number of methoxy groups -OCH3 is 1. The second-order valence-electron chi connectivity index (χ2n) is 10.9. The third-order valence-corrected chi connectivity index (χ3v) is 9.47. The molecule has 4 aromatic carbocycles. The van der Waals surface area contributed by atoms with Crippen LogP contribution >= 0.6 is 38.9 Å². The van der Waals surface area contributed by atoms with Crippen LogP contribution in [0.2, 0.25) is 5.02 Å². The summed E-state index contributed by atoms with van der Waals surface area (Å²) in [7, 11) is 1.57. The summed E-state index contributed by atoms with van der Waals surface area (Å²) < 4.78 is 20.1. The molecule has 0 saturated carbocycles.